The molecule has 4 heteroatoms. The second-order valence-corrected chi connectivity index (χ2v) is 4.97. The molecule has 0 bridgehead atoms. The summed E-state index contributed by atoms with van der Waals surface area (Å²) in [5.41, 5.74) is 8.39. The third kappa shape index (κ3) is 2.27. The Labute approximate surface area is 116 Å². The van der Waals surface area contributed by atoms with Crippen molar-refractivity contribution in [2.45, 2.75) is 25.0 Å². The van der Waals surface area contributed by atoms with E-state index in [1.165, 1.54) is 17.7 Å². The van der Waals surface area contributed by atoms with E-state index < -0.39 is 11.6 Å². The minimum atomic E-state index is -0.960. The molecule has 2 aromatic rings. The molecule has 104 valence electrons. The van der Waals surface area contributed by atoms with E-state index in [1.807, 2.05) is 24.3 Å². The zero-order chi connectivity index (χ0) is 14.1. The number of nitrogens with two attached hydrogens (primary N) is 1. The first-order valence-corrected chi connectivity index (χ1v) is 6.61. The van der Waals surface area contributed by atoms with Crippen LogP contribution in [0.4, 0.5) is 8.78 Å². The second-order valence-electron chi connectivity index (χ2n) is 4.97. The Morgan fingerprint density at radius 2 is 1.85 bits per heavy atom. The molecule has 0 spiro atoms. The largest absolute Gasteiger partial charge is 0.485 e. The SMILES string of the molecule is NC1c2ccccc2CCC1Oc1cccc(F)c1F. The van der Waals surface area contributed by atoms with Crippen molar-refractivity contribution in [2.75, 3.05) is 0 Å². The molecule has 2 N–H and O–H groups in total. The first kappa shape index (κ1) is 13.1. The van der Waals surface area contributed by atoms with E-state index in [-0.39, 0.29) is 17.9 Å². The molecule has 0 amide bonds. The standard InChI is InChI=1S/C16H15F2NO/c17-12-6-3-7-13(15(12)18)20-14-9-8-10-4-1-2-5-11(10)16(14)19/h1-7,14,16H,8-9,19H2. The van der Waals surface area contributed by atoms with Crippen molar-refractivity contribution in [3.05, 3.63) is 65.2 Å². The van der Waals surface area contributed by atoms with Gasteiger partial charge < -0.3 is 10.5 Å². The van der Waals surface area contributed by atoms with Crippen molar-refractivity contribution in [3.63, 3.8) is 0 Å². The van der Waals surface area contributed by atoms with Crippen LogP contribution in [0.15, 0.2) is 42.5 Å². The molecule has 0 fully saturated rings. The monoisotopic (exact) mass is 275 g/mol. The number of hydrogen-bond acceptors (Lipinski definition) is 2. The summed E-state index contributed by atoms with van der Waals surface area (Å²) < 4.78 is 32.4. The third-order valence-corrected chi connectivity index (χ3v) is 3.71. The molecule has 0 aliphatic heterocycles. The van der Waals surface area contributed by atoms with Crippen molar-refractivity contribution >= 4 is 0 Å². The van der Waals surface area contributed by atoms with Gasteiger partial charge in [0, 0.05) is 0 Å². The highest BCUT2D eigenvalue weighted by atomic mass is 19.2. The van der Waals surface area contributed by atoms with Crippen LogP contribution in [0, 0.1) is 11.6 Å². The van der Waals surface area contributed by atoms with E-state index in [9.17, 15) is 8.78 Å². The highest BCUT2D eigenvalue weighted by Gasteiger charge is 2.28. The van der Waals surface area contributed by atoms with Crippen LogP contribution in [0.25, 0.3) is 0 Å². The smallest absolute Gasteiger partial charge is 0.200 e. The van der Waals surface area contributed by atoms with Crippen LogP contribution in [0.2, 0.25) is 0 Å². The van der Waals surface area contributed by atoms with Gasteiger partial charge in [-0.2, -0.15) is 4.39 Å². The lowest BCUT2D eigenvalue weighted by Gasteiger charge is -2.31. The molecule has 2 nitrogen and oxygen atoms in total. The lowest BCUT2D eigenvalue weighted by molar-refractivity contribution is 0.145. The van der Waals surface area contributed by atoms with Crippen LogP contribution < -0.4 is 10.5 Å². The maximum atomic E-state index is 13.6. The molecular formula is C16H15F2NO. The summed E-state index contributed by atoms with van der Waals surface area (Å²) in [5.74, 6) is -1.95. The number of ether oxygens (including phenoxy) is 1. The fraction of sp³-hybridized carbons (Fsp3) is 0.250. The first-order valence-electron chi connectivity index (χ1n) is 6.61. The molecule has 1 aliphatic rings. The molecular weight excluding hydrogens is 260 g/mol. The minimum Gasteiger partial charge on any atom is -0.485 e. The number of fused-ring (bicyclic) bond motifs is 1. The molecule has 2 aromatic carbocycles. The lowest BCUT2D eigenvalue weighted by Crippen LogP contribution is -2.36. The van der Waals surface area contributed by atoms with Crippen LogP contribution in [-0.2, 0) is 6.42 Å². The zero-order valence-electron chi connectivity index (χ0n) is 10.9. The molecule has 2 atom stereocenters. The molecule has 20 heavy (non-hydrogen) atoms. The van der Waals surface area contributed by atoms with Crippen molar-refractivity contribution in [2.24, 2.45) is 5.73 Å². The summed E-state index contributed by atoms with van der Waals surface area (Å²) in [5, 5.41) is 0. The van der Waals surface area contributed by atoms with Gasteiger partial charge in [0.25, 0.3) is 0 Å². The van der Waals surface area contributed by atoms with Gasteiger partial charge in [-0.3, -0.25) is 0 Å². The van der Waals surface area contributed by atoms with Gasteiger partial charge in [-0.25, -0.2) is 4.39 Å². The van der Waals surface area contributed by atoms with Gasteiger partial charge in [0.1, 0.15) is 6.10 Å². The van der Waals surface area contributed by atoms with E-state index >= 15 is 0 Å². The summed E-state index contributed by atoms with van der Waals surface area (Å²) in [7, 11) is 0. The zero-order valence-corrected chi connectivity index (χ0v) is 10.9. The average Bonchev–Trinajstić information content (AvgIpc) is 2.47. The van der Waals surface area contributed by atoms with Crippen molar-refractivity contribution in [1.29, 1.82) is 0 Å². The summed E-state index contributed by atoms with van der Waals surface area (Å²) in [6.07, 6.45) is 1.17. The molecule has 0 saturated carbocycles. The number of hydrogen-bond donors (Lipinski definition) is 1. The van der Waals surface area contributed by atoms with E-state index in [0.29, 0.717) is 6.42 Å². The van der Waals surface area contributed by atoms with E-state index in [2.05, 4.69) is 0 Å². The maximum absolute atomic E-state index is 13.6. The number of halogens is 2. The summed E-state index contributed by atoms with van der Waals surface area (Å²) in [4.78, 5) is 0. The highest BCUT2D eigenvalue weighted by molar-refractivity contribution is 5.34. The Kier molecular flexibility index (Phi) is 3.40. The Morgan fingerprint density at radius 1 is 1.05 bits per heavy atom. The van der Waals surface area contributed by atoms with Gasteiger partial charge >= 0.3 is 0 Å². The third-order valence-electron chi connectivity index (χ3n) is 3.71. The number of rotatable bonds is 2. The van der Waals surface area contributed by atoms with Gasteiger partial charge in [0.2, 0.25) is 5.82 Å². The predicted octanol–water partition coefficient (Wildman–Crippen LogP) is 3.36. The van der Waals surface area contributed by atoms with Crippen LogP contribution in [0.3, 0.4) is 0 Å². The molecule has 1 aliphatic carbocycles. The summed E-state index contributed by atoms with van der Waals surface area (Å²) in [6.45, 7) is 0. The molecule has 0 radical (unpaired) electrons. The topological polar surface area (TPSA) is 35.2 Å². The Hall–Kier alpha value is -1.94. The Morgan fingerprint density at radius 3 is 2.70 bits per heavy atom. The van der Waals surface area contributed by atoms with Gasteiger partial charge in [-0.1, -0.05) is 30.3 Å². The van der Waals surface area contributed by atoms with Crippen molar-refractivity contribution in [1.82, 2.24) is 0 Å². The highest BCUT2D eigenvalue weighted by Crippen LogP contribution is 2.32. The van der Waals surface area contributed by atoms with Crippen LogP contribution in [0.5, 0.6) is 5.75 Å². The van der Waals surface area contributed by atoms with Gasteiger partial charge in [0.05, 0.1) is 6.04 Å². The quantitative estimate of drug-likeness (QED) is 0.912. The predicted molar refractivity (Wildman–Crippen MR) is 72.5 cm³/mol. The Bertz CT molecular complexity index is 630. The second kappa shape index (κ2) is 5.21. The molecule has 0 saturated heterocycles. The van der Waals surface area contributed by atoms with Crippen LogP contribution >= 0.6 is 0 Å². The number of benzene rings is 2. The van der Waals surface area contributed by atoms with Gasteiger partial charge in [-0.15, -0.1) is 0 Å². The molecule has 3 rings (SSSR count). The summed E-state index contributed by atoms with van der Waals surface area (Å²) in [6, 6.07) is 11.5. The van der Waals surface area contributed by atoms with E-state index in [0.717, 1.165) is 18.1 Å². The van der Waals surface area contributed by atoms with Gasteiger partial charge in [0.15, 0.2) is 11.6 Å². The van der Waals surface area contributed by atoms with Crippen molar-refractivity contribution in [3.8, 4) is 5.75 Å². The molecule has 2 unspecified atom stereocenters. The normalized spacial score (nSPS) is 21.4. The Balaban J connectivity index is 1.85. The minimum absolute atomic E-state index is 0.0789. The molecule has 0 heterocycles. The number of aryl methyl sites for hydroxylation is 1. The first-order chi connectivity index (χ1) is 9.66. The lowest BCUT2D eigenvalue weighted by atomic mass is 9.86. The average molecular weight is 275 g/mol. The maximum Gasteiger partial charge on any atom is 0.200 e. The van der Waals surface area contributed by atoms with E-state index in [1.54, 1.807) is 0 Å². The molecule has 0 aromatic heterocycles. The van der Waals surface area contributed by atoms with E-state index in [4.69, 9.17) is 10.5 Å². The fourth-order valence-corrected chi connectivity index (χ4v) is 2.63. The van der Waals surface area contributed by atoms with Crippen LogP contribution in [0.1, 0.15) is 23.6 Å². The fourth-order valence-electron chi connectivity index (χ4n) is 2.63. The summed E-state index contributed by atoms with van der Waals surface area (Å²) >= 11 is 0. The van der Waals surface area contributed by atoms with Crippen molar-refractivity contribution < 1.29 is 13.5 Å². The van der Waals surface area contributed by atoms with Gasteiger partial charge in [-0.05, 0) is 36.1 Å². The van der Waals surface area contributed by atoms with Crippen LogP contribution in [-0.4, -0.2) is 6.10 Å².